The van der Waals surface area contributed by atoms with Crippen LogP contribution >= 0.6 is 0 Å². The lowest BCUT2D eigenvalue weighted by atomic mass is 9.99. The molecule has 152 valence electrons. The summed E-state index contributed by atoms with van der Waals surface area (Å²) in [7, 11) is 0. The summed E-state index contributed by atoms with van der Waals surface area (Å²) in [5.41, 5.74) is 4.49. The molecule has 0 unspecified atom stereocenters. The highest BCUT2D eigenvalue weighted by atomic mass is 19.1. The average Bonchev–Trinajstić information content (AvgIpc) is 3.14. The molecule has 4 rings (SSSR count). The third kappa shape index (κ3) is 4.26. The van der Waals surface area contributed by atoms with Gasteiger partial charge in [-0.2, -0.15) is 0 Å². The van der Waals surface area contributed by atoms with Gasteiger partial charge in [0.15, 0.2) is 0 Å². The van der Waals surface area contributed by atoms with Crippen LogP contribution in [0.25, 0.3) is 0 Å². The second kappa shape index (κ2) is 8.23. The van der Waals surface area contributed by atoms with Crippen LogP contribution in [0.5, 0.6) is 0 Å². The van der Waals surface area contributed by atoms with Gasteiger partial charge in [-0.05, 0) is 30.0 Å². The van der Waals surface area contributed by atoms with Gasteiger partial charge in [0.25, 0.3) is 0 Å². The van der Waals surface area contributed by atoms with E-state index >= 15 is 0 Å². The van der Waals surface area contributed by atoms with E-state index in [4.69, 9.17) is 0 Å². The quantitative estimate of drug-likeness (QED) is 0.868. The van der Waals surface area contributed by atoms with Crippen molar-refractivity contribution in [1.82, 2.24) is 15.1 Å². The maximum Gasteiger partial charge on any atom is 0.318 e. The number of fused-ring (bicyclic) bond motifs is 1. The molecule has 0 saturated carbocycles. The minimum atomic E-state index is -1.17. The summed E-state index contributed by atoms with van der Waals surface area (Å²) in [5.74, 6) is -0.162. The van der Waals surface area contributed by atoms with Crippen LogP contribution in [0, 0.1) is 6.92 Å². The van der Waals surface area contributed by atoms with E-state index in [2.05, 4.69) is 11.4 Å². The van der Waals surface area contributed by atoms with Crippen LogP contribution < -0.4 is 5.32 Å². The molecule has 1 fully saturated rings. The first kappa shape index (κ1) is 19.4. The highest BCUT2D eigenvalue weighted by Crippen LogP contribution is 2.25. The Morgan fingerprint density at radius 1 is 1.10 bits per heavy atom. The number of halogens is 1. The third-order valence-corrected chi connectivity index (χ3v) is 5.80. The minimum absolute atomic E-state index is 0.0411. The molecular weight excluding hydrogens is 369 g/mol. The predicted octanol–water partition coefficient (Wildman–Crippen LogP) is 3.20. The van der Waals surface area contributed by atoms with Gasteiger partial charge < -0.3 is 15.1 Å². The first-order valence-corrected chi connectivity index (χ1v) is 10.1. The number of nitrogens with zero attached hydrogens (tertiary/aromatic N) is 2. The summed E-state index contributed by atoms with van der Waals surface area (Å²) < 4.78 is 14.2. The summed E-state index contributed by atoms with van der Waals surface area (Å²) in [6.45, 7) is 3.43. The number of rotatable bonds is 3. The van der Waals surface area contributed by atoms with E-state index in [1.54, 1.807) is 4.90 Å². The van der Waals surface area contributed by atoms with Crippen LogP contribution in [-0.4, -0.2) is 47.0 Å². The maximum atomic E-state index is 14.2. The molecule has 0 aromatic heterocycles. The van der Waals surface area contributed by atoms with Crippen molar-refractivity contribution in [2.24, 2.45) is 0 Å². The molecule has 2 aliphatic rings. The van der Waals surface area contributed by atoms with Crippen LogP contribution in [0.15, 0.2) is 48.5 Å². The second-order valence-electron chi connectivity index (χ2n) is 7.92. The Bertz CT molecular complexity index is 899. The van der Waals surface area contributed by atoms with E-state index < -0.39 is 12.2 Å². The Balaban J connectivity index is 1.41. The van der Waals surface area contributed by atoms with Gasteiger partial charge >= 0.3 is 6.03 Å². The van der Waals surface area contributed by atoms with E-state index in [-0.39, 0.29) is 24.9 Å². The molecule has 2 aromatic carbocycles. The molecule has 3 amide bonds. The van der Waals surface area contributed by atoms with Gasteiger partial charge in [-0.25, -0.2) is 9.18 Å². The second-order valence-corrected chi connectivity index (χ2v) is 7.92. The molecule has 0 aliphatic carbocycles. The van der Waals surface area contributed by atoms with E-state index in [1.807, 2.05) is 49.4 Å². The van der Waals surface area contributed by atoms with E-state index in [1.165, 1.54) is 10.5 Å². The number of nitrogens with one attached hydrogen (secondary N) is 1. The van der Waals surface area contributed by atoms with Gasteiger partial charge in [0.2, 0.25) is 5.91 Å². The Morgan fingerprint density at radius 3 is 2.59 bits per heavy atom. The molecule has 0 spiro atoms. The van der Waals surface area contributed by atoms with E-state index in [9.17, 15) is 14.0 Å². The lowest BCUT2D eigenvalue weighted by Crippen LogP contribution is -2.51. The molecule has 0 bridgehead atoms. The van der Waals surface area contributed by atoms with Crippen molar-refractivity contribution in [2.75, 3.05) is 13.1 Å². The third-order valence-electron chi connectivity index (χ3n) is 5.80. The highest BCUT2D eigenvalue weighted by molar-refractivity contribution is 5.88. The monoisotopic (exact) mass is 395 g/mol. The predicted molar refractivity (Wildman–Crippen MR) is 109 cm³/mol. The summed E-state index contributed by atoms with van der Waals surface area (Å²) in [4.78, 5) is 28.9. The lowest BCUT2D eigenvalue weighted by molar-refractivity contribution is -0.136. The Kier molecular flexibility index (Phi) is 5.51. The Hall–Kier alpha value is -2.89. The summed E-state index contributed by atoms with van der Waals surface area (Å²) in [6.07, 6.45) is -0.325. The number of carbonyl (C=O) groups is 2. The summed E-state index contributed by atoms with van der Waals surface area (Å²) in [6, 6.07) is 14.8. The lowest BCUT2D eigenvalue weighted by Gasteiger charge is -2.33. The fraction of sp³-hybridized carbons (Fsp3) is 0.391. The molecule has 1 saturated heterocycles. The standard InChI is InChI=1S/C23H26FN3O2/c1-16-6-8-17(9-7-16)13-25-23(29)27-15-20(24)12-21(27)22(28)26-11-10-18-4-2-3-5-19(18)14-26/h2-9,20-21H,10-15H2,1H3,(H,25,29)/t20-,21-/m0/s1. The number of urea groups is 1. The van der Waals surface area contributed by atoms with Crippen LogP contribution in [0.2, 0.25) is 0 Å². The van der Waals surface area contributed by atoms with E-state index in [0.29, 0.717) is 19.6 Å². The molecule has 0 radical (unpaired) electrons. The molecule has 2 aliphatic heterocycles. The van der Waals surface area contributed by atoms with Crippen LogP contribution in [0.3, 0.4) is 0 Å². The molecule has 2 atom stereocenters. The number of alkyl halides is 1. The smallest absolute Gasteiger partial charge is 0.318 e. The Morgan fingerprint density at radius 2 is 1.83 bits per heavy atom. The number of aryl methyl sites for hydroxylation is 1. The van der Waals surface area contributed by atoms with Crippen LogP contribution in [-0.2, 0) is 24.3 Å². The van der Waals surface area contributed by atoms with Gasteiger partial charge in [-0.15, -0.1) is 0 Å². The normalized spacial score (nSPS) is 21.0. The first-order valence-electron chi connectivity index (χ1n) is 10.1. The van der Waals surface area contributed by atoms with Crippen LogP contribution in [0.4, 0.5) is 9.18 Å². The largest absolute Gasteiger partial charge is 0.336 e. The fourth-order valence-electron chi connectivity index (χ4n) is 4.12. The van der Waals surface area contributed by atoms with Gasteiger partial charge in [0.1, 0.15) is 12.2 Å². The van der Waals surface area contributed by atoms with Crippen LogP contribution in [0.1, 0.15) is 28.7 Å². The number of carbonyl (C=O) groups excluding carboxylic acids is 2. The maximum absolute atomic E-state index is 14.2. The average molecular weight is 395 g/mol. The number of hydrogen-bond acceptors (Lipinski definition) is 2. The zero-order valence-electron chi connectivity index (χ0n) is 16.6. The number of amides is 3. The van der Waals surface area contributed by atoms with E-state index in [0.717, 1.165) is 23.1 Å². The molecule has 2 heterocycles. The van der Waals surface area contributed by atoms with Crippen molar-refractivity contribution < 1.29 is 14.0 Å². The van der Waals surface area contributed by atoms with Gasteiger partial charge in [0, 0.05) is 26.1 Å². The first-order chi connectivity index (χ1) is 14.0. The van der Waals surface area contributed by atoms with Crippen molar-refractivity contribution in [1.29, 1.82) is 0 Å². The number of hydrogen-bond donors (Lipinski definition) is 1. The van der Waals surface area contributed by atoms with Crippen molar-refractivity contribution in [3.8, 4) is 0 Å². The minimum Gasteiger partial charge on any atom is -0.336 e. The topological polar surface area (TPSA) is 52.7 Å². The Labute approximate surface area is 170 Å². The SMILES string of the molecule is Cc1ccc(CNC(=O)N2C[C@@H](F)C[C@H]2C(=O)N2CCc3ccccc3C2)cc1. The van der Waals surface area contributed by atoms with Gasteiger partial charge in [-0.3, -0.25) is 4.79 Å². The zero-order chi connectivity index (χ0) is 20.4. The molecule has 6 heteroatoms. The van der Waals surface area contributed by atoms with Gasteiger partial charge in [-0.1, -0.05) is 54.1 Å². The summed E-state index contributed by atoms with van der Waals surface area (Å²) in [5, 5.41) is 2.83. The number of benzene rings is 2. The molecule has 5 nitrogen and oxygen atoms in total. The zero-order valence-corrected chi connectivity index (χ0v) is 16.6. The van der Waals surface area contributed by atoms with Crippen molar-refractivity contribution >= 4 is 11.9 Å². The molecule has 1 N–H and O–H groups in total. The number of likely N-dealkylation sites (tertiary alicyclic amines) is 1. The molecule has 2 aromatic rings. The highest BCUT2D eigenvalue weighted by Gasteiger charge is 2.42. The summed E-state index contributed by atoms with van der Waals surface area (Å²) >= 11 is 0. The van der Waals surface area contributed by atoms with Gasteiger partial charge in [0.05, 0.1) is 6.54 Å². The van der Waals surface area contributed by atoms with Crippen molar-refractivity contribution in [2.45, 2.75) is 45.1 Å². The van der Waals surface area contributed by atoms with Crippen molar-refractivity contribution in [3.63, 3.8) is 0 Å². The fourth-order valence-corrected chi connectivity index (χ4v) is 4.12. The molecule has 29 heavy (non-hydrogen) atoms. The van der Waals surface area contributed by atoms with Crippen molar-refractivity contribution in [3.05, 3.63) is 70.8 Å². The molecular formula is C23H26FN3O2.